The van der Waals surface area contributed by atoms with Crippen molar-refractivity contribution in [1.82, 2.24) is 5.32 Å². The summed E-state index contributed by atoms with van der Waals surface area (Å²) in [5.41, 5.74) is 0. The Labute approximate surface area is 125 Å². The van der Waals surface area contributed by atoms with Crippen LogP contribution < -0.4 is 5.32 Å². The van der Waals surface area contributed by atoms with Gasteiger partial charge in [-0.05, 0) is 67.5 Å². The van der Waals surface area contributed by atoms with Crippen molar-refractivity contribution < 1.29 is 13.9 Å². The Balaban J connectivity index is 1.55. The maximum atomic E-state index is 11.6. The molecule has 0 aliphatic heterocycles. The van der Waals surface area contributed by atoms with Gasteiger partial charge in [0.05, 0.1) is 13.2 Å². The fourth-order valence-electron chi connectivity index (χ4n) is 5.21. The molecule has 1 aromatic heterocycles. The van der Waals surface area contributed by atoms with E-state index in [0.717, 1.165) is 36.0 Å². The molecule has 1 N–H and O–H groups in total. The van der Waals surface area contributed by atoms with Gasteiger partial charge in [0.1, 0.15) is 5.76 Å². The second kappa shape index (κ2) is 4.87. The lowest BCUT2D eigenvalue weighted by Crippen LogP contribution is -2.25. The van der Waals surface area contributed by atoms with Gasteiger partial charge in [0, 0.05) is 0 Å². The minimum absolute atomic E-state index is 0.256. The number of hydrogen-bond donors (Lipinski definition) is 1. The van der Waals surface area contributed by atoms with Crippen molar-refractivity contribution in [3.05, 3.63) is 23.7 Å². The van der Waals surface area contributed by atoms with E-state index in [2.05, 4.69) is 12.2 Å². The van der Waals surface area contributed by atoms with Crippen molar-refractivity contribution in [2.24, 2.45) is 29.6 Å². The molecule has 5 atom stereocenters. The SMILES string of the molecule is CCNC(c1ccc(C(=O)OC)o1)C1C2C3CCC(C3)C21. The maximum absolute atomic E-state index is 11.6. The van der Waals surface area contributed by atoms with E-state index in [4.69, 9.17) is 9.15 Å². The van der Waals surface area contributed by atoms with Crippen LogP contribution in [0.5, 0.6) is 0 Å². The summed E-state index contributed by atoms with van der Waals surface area (Å²) in [6.45, 7) is 3.05. The monoisotopic (exact) mass is 289 g/mol. The molecule has 3 fully saturated rings. The van der Waals surface area contributed by atoms with Gasteiger partial charge in [0.25, 0.3) is 0 Å². The summed E-state index contributed by atoms with van der Waals surface area (Å²) >= 11 is 0. The molecular weight excluding hydrogens is 266 g/mol. The van der Waals surface area contributed by atoms with Crippen LogP contribution in [-0.4, -0.2) is 19.6 Å². The number of rotatable bonds is 5. The number of nitrogens with one attached hydrogen (secondary N) is 1. The Morgan fingerprint density at radius 1 is 1.38 bits per heavy atom. The molecule has 114 valence electrons. The van der Waals surface area contributed by atoms with Crippen molar-refractivity contribution in [2.75, 3.05) is 13.7 Å². The van der Waals surface area contributed by atoms with Gasteiger partial charge in [0.15, 0.2) is 0 Å². The smallest absolute Gasteiger partial charge is 0.373 e. The molecule has 4 heteroatoms. The average Bonchev–Trinajstić information content (AvgIpc) is 2.92. The Bertz CT molecular complexity index is 536. The third kappa shape index (κ3) is 1.95. The number of carbonyl (C=O) groups excluding carboxylic acids is 1. The molecule has 4 rings (SSSR count). The van der Waals surface area contributed by atoms with Gasteiger partial charge in [0.2, 0.25) is 5.76 Å². The van der Waals surface area contributed by atoms with Crippen LogP contribution in [0.25, 0.3) is 0 Å². The van der Waals surface area contributed by atoms with Gasteiger partial charge >= 0.3 is 5.97 Å². The van der Waals surface area contributed by atoms with Gasteiger partial charge < -0.3 is 14.5 Å². The van der Waals surface area contributed by atoms with Crippen LogP contribution in [0.2, 0.25) is 0 Å². The zero-order chi connectivity index (χ0) is 14.6. The molecule has 21 heavy (non-hydrogen) atoms. The highest BCUT2D eigenvalue weighted by Gasteiger charge is 2.67. The fraction of sp³-hybridized carbons (Fsp3) is 0.706. The van der Waals surface area contributed by atoms with Crippen molar-refractivity contribution >= 4 is 5.97 Å². The van der Waals surface area contributed by atoms with Crippen molar-refractivity contribution in [2.45, 2.75) is 32.2 Å². The predicted molar refractivity (Wildman–Crippen MR) is 77.8 cm³/mol. The topological polar surface area (TPSA) is 51.5 Å². The Morgan fingerprint density at radius 3 is 2.71 bits per heavy atom. The minimum atomic E-state index is -0.396. The summed E-state index contributed by atoms with van der Waals surface area (Å²) in [7, 11) is 1.38. The first kappa shape index (κ1) is 13.4. The molecule has 0 saturated heterocycles. The van der Waals surface area contributed by atoms with Crippen LogP contribution in [0.4, 0.5) is 0 Å². The summed E-state index contributed by atoms with van der Waals surface area (Å²) in [5, 5.41) is 3.58. The van der Waals surface area contributed by atoms with E-state index < -0.39 is 5.97 Å². The first-order valence-corrected chi connectivity index (χ1v) is 8.16. The molecule has 0 spiro atoms. The molecule has 0 amide bonds. The Hall–Kier alpha value is -1.29. The van der Waals surface area contributed by atoms with Gasteiger partial charge in [-0.15, -0.1) is 0 Å². The summed E-state index contributed by atoms with van der Waals surface area (Å²) < 4.78 is 10.5. The standard InChI is InChI=1S/C17H23NO3/c1-3-18-16(11-6-7-12(21-11)17(19)20-2)15-13-9-4-5-10(8-9)14(13)15/h6-7,9-10,13-16,18H,3-5,8H2,1-2H3. The molecule has 3 saturated carbocycles. The molecular formula is C17H23NO3. The van der Waals surface area contributed by atoms with Crippen LogP contribution in [0.3, 0.4) is 0 Å². The third-order valence-corrected chi connectivity index (χ3v) is 5.92. The van der Waals surface area contributed by atoms with Crippen LogP contribution in [0.1, 0.15) is 48.5 Å². The number of methoxy groups -OCH3 is 1. The lowest BCUT2D eigenvalue weighted by atomic mass is 9.96. The molecule has 1 heterocycles. The molecule has 1 aromatic rings. The van der Waals surface area contributed by atoms with Gasteiger partial charge in [-0.3, -0.25) is 0 Å². The first-order valence-electron chi connectivity index (χ1n) is 8.16. The average molecular weight is 289 g/mol. The van der Waals surface area contributed by atoms with Gasteiger partial charge in [-0.2, -0.15) is 0 Å². The zero-order valence-electron chi connectivity index (χ0n) is 12.7. The van der Waals surface area contributed by atoms with Gasteiger partial charge in [-0.25, -0.2) is 4.79 Å². The molecule has 3 aliphatic rings. The Morgan fingerprint density at radius 2 is 2.10 bits per heavy atom. The quantitative estimate of drug-likeness (QED) is 0.847. The van der Waals surface area contributed by atoms with Crippen molar-refractivity contribution in [3.63, 3.8) is 0 Å². The normalized spacial score (nSPS) is 37.3. The van der Waals surface area contributed by atoms with Crippen LogP contribution >= 0.6 is 0 Å². The van der Waals surface area contributed by atoms with Crippen molar-refractivity contribution in [1.29, 1.82) is 0 Å². The summed E-state index contributed by atoms with van der Waals surface area (Å²) in [6, 6.07) is 3.93. The fourth-order valence-corrected chi connectivity index (χ4v) is 5.21. The minimum Gasteiger partial charge on any atom is -0.463 e. The maximum Gasteiger partial charge on any atom is 0.373 e. The summed E-state index contributed by atoms with van der Waals surface area (Å²) in [6.07, 6.45) is 4.30. The highest BCUT2D eigenvalue weighted by Crippen LogP contribution is 2.72. The Kier molecular flexibility index (Phi) is 3.10. The van der Waals surface area contributed by atoms with E-state index in [1.807, 2.05) is 6.07 Å². The van der Waals surface area contributed by atoms with E-state index in [1.54, 1.807) is 6.07 Å². The summed E-state index contributed by atoms with van der Waals surface area (Å²) in [4.78, 5) is 11.6. The molecule has 4 nitrogen and oxygen atoms in total. The van der Waals surface area contributed by atoms with Gasteiger partial charge in [-0.1, -0.05) is 6.92 Å². The number of hydrogen-bond acceptors (Lipinski definition) is 4. The number of carbonyl (C=O) groups is 1. The second-order valence-corrected chi connectivity index (χ2v) is 6.79. The van der Waals surface area contributed by atoms with E-state index in [0.29, 0.717) is 11.7 Å². The number of ether oxygens (including phenoxy) is 1. The molecule has 0 aromatic carbocycles. The second-order valence-electron chi connectivity index (χ2n) is 6.79. The van der Waals surface area contributed by atoms with Crippen molar-refractivity contribution in [3.8, 4) is 0 Å². The highest BCUT2D eigenvalue weighted by atomic mass is 16.5. The number of furan rings is 1. The lowest BCUT2D eigenvalue weighted by molar-refractivity contribution is 0.0561. The van der Waals surface area contributed by atoms with E-state index in [-0.39, 0.29) is 6.04 Å². The molecule has 0 radical (unpaired) electrons. The molecule has 2 bridgehead atoms. The predicted octanol–water partition coefficient (Wildman–Crippen LogP) is 3.01. The zero-order valence-corrected chi connectivity index (χ0v) is 12.7. The molecule has 5 unspecified atom stereocenters. The van der Waals surface area contributed by atoms with Crippen LogP contribution in [0.15, 0.2) is 16.5 Å². The largest absolute Gasteiger partial charge is 0.463 e. The number of fused-ring (bicyclic) bond motifs is 5. The lowest BCUT2D eigenvalue weighted by Gasteiger charge is -2.19. The van der Waals surface area contributed by atoms with E-state index in [9.17, 15) is 4.79 Å². The number of esters is 1. The summed E-state index contributed by atoms with van der Waals surface area (Å²) in [5.74, 6) is 5.18. The van der Waals surface area contributed by atoms with E-state index in [1.165, 1.54) is 26.4 Å². The van der Waals surface area contributed by atoms with E-state index >= 15 is 0 Å². The third-order valence-electron chi connectivity index (χ3n) is 5.92. The molecule has 3 aliphatic carbocycles. The first-order chi connectivity index (χ1) is 10.2. The van der Waals surface area contributed by atoms with Crippen LogP contribution in [0, 0.1) is 29.6 Å². The van der Waals surface area contributed by atoms with Crippen LogP contribution in [-0.2, 0) is 4.74 Å². The highest BCUT2D eigenvalue weighted by molar-refractivity contribution is 5.86.